The molecule has 0 aliphatic carbocycles. The number of nitrogens with zero attached hydrogens (tertiary/aromatic N) is 3. The number of aromatic nitrogens is 2. The first-order chi connectivity index (χ1) is 36.9. The van der Waals surface area contributed by atoms with E-state index in [4.69, 9.17) is 9.47 Å². The Bertz CT molecular complexity index is 4470. The maximum atomic E-state index is 7.03. The van der Waals surface area contributed by atoms with Crippen LogP contribution in [-0.4, -0.2) is 22.6 Å². The summed E-state index contributed by atoms with van der Waals surface area (Å²) in [5, 5.41) is 5.04. The Labute approximate surface area is 447 Å². The summed E-state index contributed by atoms with van der Waals surface area (Å²) < 4.78 is 19.0. The lowest BCUT2D eigenvalue weighted by Crippen LogP contribution is -2.63. The third-order valence-electron chi connectivity index (χ3n) is 16.7. The monoisotopic (exact) mass is 995 g/mol. The fraction of sp³-hybridized carbons (Fsp3) is 0.118. The van der Waals surface area contributed by atoms with Crippen molar-refractivity contribution in [1.82, 2.24) is 9.13 Å². The largest absolute Gasteiger partial charge is 0.457 e. The van der Waals surface area contributed by atoms with Crippen molar-refractivity contribution in [2.45, 2.75) is 62.2 Å². The van der Waals surface area contributed by atoms with Crippen LogP contribution in [0.3, 0.4) is 0 Å². The highest BCUT2D eigenvalue weighted by Gasteiger charge is 2.46. The number of hydrogen-bond donors (Lipinski definition) is 0. The second-order valence-electron chi connectivity index (χ2n) is 23.3. The molecule has 4 aliphatic heterocycles. The van der Waals surface area contributed by atoms with E-state index in [0.717, 1.165) is 40.1 Å². The highest BCUT2D eigenvalue weighted by atomic mass is 32.2. The molecule has 5 nitrogen and oxygen atoms in total. The number of fused-ring (bicyclic) bond motifs is 14. The average Bonchev–Trinajstić information content (AvgIpc) is 4.08. The lowest BCUT2D eigenvalue weighted by Gasteiger charge is -2.42. The summed E-state index contributed by atoms with van der Waals surface area (Å²) in [6.07, 6.45) is 0. The number of ether oxygens (including phenoxy) is 2. The molecule has 0 radical (unpaired) electrons. The van der Waals surface area contributed by atoms with Gasteiger partial charge in [-0.2, -0.15) is 0 Å². The molecule has 16 rings (SSSR count). The van der Waals surface area contributed by atoms with E-state index < -0.39 is 0 Å². The highest BCUT2D eigenvalue weighted by molar-refractivity contribution is 8.00. The number of anilines is 3. The van der Waals surface area contributed by atoms with Crippen molar-refractivity contribution >= 4 is 119 Å². The second-order valence-corrected chi connectivity index (χ2v) is 24.3. The minimum atomic E-state index is -0.0666. The van der Waals surface area contributed by atoms with E-state index in [9.17, 15) is 0 Å². The van der Waals surface area contributed by atoms with Gasteiger partial charge in [0.2, 0.25) is 6.71 Å². The summed E-state index contributed by atoms with van der Waals surface area (Å²) in [5.74, 6) is 3.27. The van der Waals surface area contributed by atoms with Crippen LogP contribution >= 0.6 is 11.8 Å². The summed E-state index contributed by atoms with van der Waals surface area (Å²) in [6, 6.07) is 74.3. The molecular weight excluding hydrogens is 944 g/mol. The molecule has 0 saturated carbocycles. The van der Waals surface area contributed by atoms with Crippen LogP contribution in [0.4, 0.5) is 17.1 Å². The number of hydrogen-bond acceptors (Lipinski definition) is 4. The number of benzene rings is 10. The van der Waals surface area contributed by atoms with Gasteiger partial charge in [-0.3, -0.25) is 0 Å². The molecule has 10 aromatic carbocycles. The van der Waals surface area contributed by atoms with Crippen molar-refractivity contribution in [3.05, 3.63) is 211 Å². The van der Waals surface area contributed by atoms with Crippen molar-refractivity contribution in [2.24, 2.45) is 0 Å². The van der Waals surface area contributed by atoms with Crippen molar-refractivity contribution in [3.8, 4) is 34.4 Å². The van der Waals surface area contributed by atoms with Gasteiger partial charge in [0.15, 0.2) is 0 Å². The minimum absolute atomic E-state index is 0.0236. The van der Waals surface area contributed by atoms with Crippen LogP contribution in [0, 0.1) is 0 Å². The minimum Gasteiger partial charge on any atom is -0.457 e. The van der Waals surface area contributed by atoms with E-state index in [-0.39, 0.29) is 24.3 Å². The fourth-order valence-electron chi connectivity index (χ4n) is 13.3. The van der Waals surface area contributed by atoms with Gasteiger partial charge in [0, 0.05) is 89.0 Å². The van der Waals surface area contributed by atoms with E-state index in [1.807, 2.05) is 11.8 Å². The summed E-state index contributed by atoms with van der Waals surface area (Å²) >= 11 is 1.87. The van der Waals surface area contributed by atoms with E-state index >= 15 is 0 Å². The zero-order chi connectivity index (χ0) is 50.9. The van der Waals surface area contributed by atoms with E-state index in [0.29, 0.717) is 0 Å². The molecule has 6 heterocycles. The van der Waals surface area contributed by atoms with Crippen molar-refractivity contribution in [3.63, 3.8) is 0 Å². The molecule has 0 fully saturated rings. The molecule has 0 N–H and O–H groups in total. The Morgan fingerprint density at radius 2 is 0.855 bits per heavy atom. The van der Waals surface area contributed by atoms with Crippen molar-refractivity contribution in [1.29, 1.82) is 0 Å². The first-order valence-electron chi connectivity index (χ1n) is 26.6. The SMILES string of the molecule is CC(C)(C)c1ccc(Oc2cc3c4c(c2)-n2c5ccccc5c5cccc(c52)B4c2cc4c(cc2S3)N(c2ccccc2)c2cc(Oc3ccc(C(C)(C)C)cc3)cc3c2B4c2cccc4c5ccccc5n-3c24)cc1. The summed E-state index contributed by atoms with van der Waals surface area (Å²) in [4.78, 5) is 4.97. The quantitative estimate of drug-likeness (QED) is 0.161. The molecule has 0 saturated heterocycles. The summed E-state index contributed by atoms with van der Waals surface area (Å²) in [6.45, 7) is 13.4. The third-order valence-corrected chi connectivity index (χ3v) is 17.9. The van der Waals surface area contributed by atoms with E-state index in [1.165, 1.54) is 109 Å². The second kappa shape index (κ2) is 15.6. The lowest BCUT2D eigenvalue weighted by molar-refractivity contribution is 0.480. The molecular formula is C68H51B2N3O2S. The topological polar surface area (TPSA) is 31.6 Å². The van der Waals surface area contributed by atoms with Gasteiger partial charge in [-0.05, 0) is 110 Å². The van der Waals surface area contributed by atoms with Crippen LogP contribution in [0.2, 0.25) is 0 Å². The van der Waals surface area contributed by atoms with Gasteiger partial charge in [-0.15, -0.1) is 0 Å². The first kappa shape index (κ1) is 44.0. The average molecular weight is 996 g/mol. The van der Waals surface area contributed by atoms with Gasteiger partial charge in [0.05, 0.1) is 11.0 Å². The van der Waals surface area contributed by atoms with E-state index in [2.05, 4.69) is 256 Å². The molecule has 4 aliphatic rings. The number of para-hydroxylation sites is 5. The Hall–Kier alpha value is -8.32. The number of rotatable bonds is 5. The summed E-state index contributed by atoms with van der Waals surface area (Å²) in [7, 11) is 0. The standard InChI is InChI=1S/C68H51B2N3O2S/c1-67(2,3)40-26-30-43(31-27-40)74-45-34-58-63-59(35-45)72-55-24-12-10-18-47(55)49-20-14-22-51(65(49)72)69(63)53-38-54-61(39-57(53)71(58)42-16-8-7-9-17-42)76-62-37-46(75-44-32-28-41(29-33-44)68(4,5)6)36-60-64(62)70(54)52-23-15-21-50-48-19-11-13-25-56(48)73(60)66(50)52/h7-39H,1-6H3. The Morgan fingerprint density at radius 1 is 0.368 bits per heavy atom. The molecule has 0 spiro atoms. The van der Waals surface area contributed by atoms with Gasteiger partial charge in [-0.1, -0.05) is 180 Å². The zero-order valence-corrected chi connectivity index (χ0v) is 44.1. The predicted molar refractivity (Wildman–Crippen MR) is 320 cm³/mol. The fourth-order valence-corrected chi connectivity index (χ4v) is 14.5. The van der Waals surface area contributed by atoms with Crippen LogP contribution in [0.5, 0.6) is 23.0 Å². The Balaban J connectivity index is 0.957. The van der Waals surface area contributed by atoms with Gasteiger partial charge in [0.25, 0.3) is 6.71 Å². The van der Waals surface area contributed by atoms with Crippen LogP contribution in [0.15, 0.2) is 210 Å². The lowest BCUT2D eigenvalue weighted by atomic mass is 9.31. The molecule has 0 bridgehead atoms. The smallest absolute Gasteiger partial charge is 0.252 e. The molecule has 8 heteroatoms. The van der Waals surface area contributed by atoms with Gasteiger partial charge in [-0.25, -0.2) is 0 Å². The maximum Gasteiger partial charge on any atom is 0.252 e. The Morgan fingerprint density at radius 3 is 1.42 bits per heavy atom. The molecule has 76 heavy (non-hydrogen) atoms. The van der Waals surface area contributed by atoms with Crippen LogP contribution < -0.4 is 47.2 Å². The molecule has 362 valence electrons. The summed E-state index contributed by atoms with van der Waals surface area (Å²) in [5.41, 5.74) is 21.1. The first-order valence-corrected chi connectivity index (χ1v) is 27.4. The highest BCUT2D eigenvalue weighted by Crippen LogP contribution is 2.47. The molecule has 0 atom stereocenters. The van der Waals surface area contributed by atoms with Crippen LogP contribution in [-0.2, 0) is 10.8 Å². The van der Waals surface area contributed by atoms with Gasteiger partial charge < -0.3 is 23.5 Å². The third kappa shape index (κ3) is 6.25. The molecule has 12 aromatic rings. The normalized spacial score (nSPS) is 13.8. The van der Waals surface area contributed by atoms with Crippen molar-refractivity contribution in [2.75, 3.05) is 4.90 Å². The predicted octanol–water partition coefficient (Wildman–Crippen LogP) is 14.0. The van der Waals surface area contributed by atoms with Gasteiger partial charge in [0.1, 0.15) is 23.0 Å². The Kier molecular flexibility index (Phi) is 9.05. The van der Waals surface area contributed by atoms with Crippen LogP contribution in [0.25, 0.3) is 55.0 Å². The maximum absolute atomic E-state index is 7.03. The van der Waals surface area contributed by atoms with Crippen molar-refractivity contribution < 1.29 is 9.47 Å². The molecule has 2 aromatic heterocycles. The molecule has 0 amide bonds. The van der Waals surface area contributed by atoms with Crippen LogP contribution in [0.1, 0.15) is 52.7 Å². The van der Waals surface area contributed by atoms with Gasteiger partial charge >= 0.3 is 0 Å². The van der Waals surface area contributed by atoms with E-state index in [1.54, 1.807) is 0 Å². The molecule has 0 unspecified atom stereocenters. The zero-order valence-electron chi connectivity index (χ0n) is 43.3.